The minimum Gasteiger partial charge on any atom is -0.493 e. The van der Waals surface area contributed by atoms with Crippen LogP contribution in [0.3, 0.4) is 0 Å². The summed E-state index contributed by atoms with van der Waals surface area (Å²) in [5.41, 5.74) is 2.37. The fourth-order valence-corrected chi connectivity index (χ4v) is 4.40. The number of para-hydroxylation sites is 1. The largest absolute Gasteiger partial charge is 0.493 e. The molecule has 1 amide bonds. The average molecular weight is 463 g/mol. The van der Waals surface area contributed by atoms with Crippen LogP contribution in [0.1, 0.15) is 42.5 Å². The molecule has 2 aromatic carbocycles. The molecule has 1 saturated carbocycles. The summed E-state index contributed by atoms with van der Waals surface area (Å²) in [6.07, 6.45) is 5.98. The molecule has 1 aromatic heterocycles. The van der Waals surface area contributed by atoms with E-state index in [2.05, 4.69) is 5.32 Å². The Morgan fingerprint density at radius 1 is 0.971 bits per heavy atom. The van der Waals surface area contributed by atoms with Gasteiger partial charge in [0.15, 0.2) is 18.1 Å². The van der Waals surface area contributed by atoms with Gasteiger partial charge < -0.3 is 19.5 Å². The highest BCUT2D eigenvalue weighted by atomic mass is 16.5. The summed E-state index contributed by atoms with van der Waals surface area (Å²) in [6.45, 7) is 0.325. The van der Waals surface area contributed by atoms with Crippen LogP contribution in [-0.4, -0.2) is 44.2 Å². The van der Waals surface area contributed by atoms with E-state index >= 15 is 0 Å². The molecule has 7 heteroatoms. The standard InChI is InChI=1S/C27H30N2O5/c1-32-24-13-12-19(14-25(24)33-2)23-15-21(20-10-6-7-11-22(20)29-23)27(31)34-17-26(30)28-16-18-8-4-3-5-9-18/h6-7,10-15,18H,3-5,8-9,16-17H2,1-2H3,(H,28,30). The van der Waals surface area contributed by atoms with Gasteiger partial charge in [-0.05, 0) is 49.1 Å². The number of ether oxygens (including phenoxy) is 3. The summed E-state index contributed by atoms with van der Waals surface area (Å²) in [7, 11) is 3.14. The van der Waals surface area contributed by atoms with Gasteiger partial charge in [-0.3, -0.25) is 4.79 Å². The fourth-order valence-electron chi connectivity index (χ4n) is 4.40. The Kier molecular flexibility index (Phi) is 7.62. The molecule has 1 fully saturated rings. The highest BCUT2D eigenvalue weighted by Gasteiger charge is 2.18. The normalized spacial score (nSPS) is 13.9. The van der Waals surface area contributed by atoms with Crippen molar-refractivity contribution in [2.75, 3.05) is 27.4 Å². The highest BCUT2D eigenvalue weighted by Crippen LogP contribution is 2.33. The van der Waals surface area contributed by atoms with Crippen LogP contribution in [0.4, 0.5) is 0 Å². The van der Waals surface area contributed by atoms with Gasteiger partial charge in [0.2, 0.25) is 0 Å². The molecule has 1 aliphatic rings. The SMILES string of the molecule is COc1ccc(-c2cc(C(=O)OCC(=O)NCC3CCCCC3)c3ccccc3n2)cc1OC. The lowest BCUT2D eigenvalue weighted by Crippen LogP contribution is -2.33. The number of benzene rings is 2. The minimum atomic E-state index is -0.562. The number of amides is 1. The Hall–Kier alpha value is -3.61. The number of hydrogen-bond donors (Lipinski definition) is 1. The molecule has 34 heavy (non-hydrogen) atoms. The molecule has 7 nitrogen and oxygen atoms in total. The molecule has 178 valence electrons. The number of carbonyl (C=O) groups is 2. The molecule has 0 radical (unpaired) electrons. The zero-order valence-corrected chi connectivity index (χ0v) is 19.6. The molecule has 1 aliphatic carbocycles. The van der Waals surface area contributed by atoms with Crippen LogP contribution >= 0.6 is 0 Å². The number of fused-ring (bicyclic) bond motifs is 1. The zero-order chi connectivity index (χ0) is 23.9. The monoisotopic (exact) mass is 462 g/mol. The van der Waals surface area contributed by atoms with Crippen molar-refractivity contribution in [2.24, 2.45) is 5.92 Å². The maximum atomic E-state index is 13.0. The Bertz CT molecular complexity index is 1170. The van der Waals surface area contributed by atoms with Gasteiger partial charge in [0.1, 0.15) is 0 Å². The Balaban J connectivity index is 1.52. The minimum absolute atomic E-state index is 0.280. The lowest BCUT2D eigenvalue weighted by molar-refractivity contribution is -0.124. The number of rotatable bonds is 8. The molecule has 0 bridgehead atoms. The van der Waals surface area contributed by atoms with E-state index in [0.29, 0.717) is 46.1 Å². The Labute approximate surface area is 199 Å². The maximum Gasteiger partial charge on any atom is 0.339 e. The second kappa shape index (κ2) is 11.0. The Morgan fingerprint density at radius 2 is 1.74 bits per heavy atom. The molecule has 0 aliphatic heterocycles. The van der Waals surface area contributed by atoms with E-state index in [1.165, 1.54) is 19.3 Å². The second-order valence-corrected chi connectivity index (χ2v) is 8.53. The molecule has 0 saturated heterocycles. The molecule has 3 aromatic rings. The van der Waals surface area contributed by atoms with E-state index in [0.717, 1.165) is 18.4 Å². The summed E-state index contributed by atoms with van der Waals surface area (Å²) < 4.78 is 16.1. The number of aromatic nitrogens is 1. The van der Waals surface area contributed by atoms with Gasteiger partial charge in [0.25, 0.3) is 5.91 Å². The summed E-state index contributed by atoms with van der Waals surface area (Å²) in [5, 5.41) is 3.57. The summed E-state index contributed by atoms with van der Waals surface area (Å²) >= 11 is 0. The quantitative estimate of drug-likeness (QED) is 0.485. The average Bonchev–Trinajstić information content (AvgIpc) is 2.90. The number of nitrogens with one attached hydrogen (secondary N) is 1. The molecule has 1 N–H and O–H groups in total. The second-order valence-electron chi connectivity index (χ2n) is 8.53. The number of hydrogen-bond acceptors (Lipinski definition) is 6. The van der Waals surface area contributed by atoms with Gasteiger partial charge in [-0.15, -0.1) is 0 Å². The molecule has 0 atom stereocenters. The highest BCUT2D eigenvalue weighted by molar-refractivity contribution is 6.05. The van der Waals surface area contributed by atoms with Crippen molar-refractivity contribution in [3.05, 3.63) is 54.1 Å². The summed E-state index contributed by atoms with van der Waals surface area (Å²) in [4.78, 5) is 30.0. The van der Waals surface area contributed by atoms with Gasteiger partial charge >= 0.3 is 5.97 Å². The van der Waals surface area contributed by atoms with Crippen LogP contribution in [0.25, 0.3) is 22.2 Å². The van der Waals surface area contributed by atoms with Crippen molar-refractivity contribution in [1.29, 1.82) is 0 Å². The van der Waals surface area contributed by atoms with Crippen molar-refractivity contribution in [3.63, 3.8) is 0 Å². The fraction of sp³-hybridized carbons (Fsp3) is 0.370. The number of esters is 1. The molecule has 4 rings (SSSR count). The lowest BCUT2D eigenvalue weighted by Gasteiger charge is -2.21. The van der Waals surface area contributed by atoms with Gasteiger partial charge in [-0.1, -0.05) is 37.5 Å². The topological polar surface area (TPSA) is 86.8 Å². The molecule has 0 unspecified atom stereocenters. The van der Waals surface area contributed by atoms with Crippen LogP contribution < -0.4 is 14.8 Å². The van der Waals surface area contributed by atoms with Crippen molar-refractivity contribution in [3.8, 4) is 22.8 Å². The number of methoxy groups -OCH3 is 2. The zero-order valence-electron chi connectivity index (χ0n) is 19.6. The van der Waals surface area contributed by atoms with E-state index < -0.39 is 5.97 Å². The van der Waals surface area contributed by atoms with Gasteiger partial charge in [-0.25, -0.2) is 9.78 Å². The van der Waals surface area contributed by atoms with Crippen LogP contribution in [-0.2, 0) is 9.53 Å². The predicted molar refractivity (Wildman–Crippen MR) is 130 cm³/mol. The molecule has 0 spiro atoms. The molecule has 1 heterocycles. The van der Waals surface area contributed by atoms with E-state index in [9.17, 15) is 9.59 Å². The first-order valence-electron chi connectivity index (χ1n) is 11.6. The smallest absolute Gasteiger partial charge is 0.339 e. The number of carbonyl (C=O) groups excluding carboxylic acids is 2. The van der Waals surface area contributed by atoms with Crippen LogP contribution in [0.2, 0.25) is 0 Å². The van der Waals surface area contributed by atoms with Crippen LogP contribution in [0.5, 0.6) is 11.5 Å². The van der Waals surface area contributed by atoms with E-state index in [4.69, 9.17) is 19.2 Å². The van der Waals surface area contributed by atoms with E-state index in [1.807, 2.05) is 36.4 Å². The van der Waals surface area contributed by atoms with Crippen LogP contribution in [0.15, 0.2) is 48.5 Å². The van der Waals surface area contributed by atoms with E-state index in [1.54, 1.807) is 26.4 Å². The predicted octanol–water partition coefficient (Wildman–Crippen LogP) is 4.77. The first-order valence-corrected chi connectivity index (χ1v) is 11.6. The van der Waals surface area contributed by atoms with Crippen molar-refractivity contribution in [1.82, 2.24) is 10.3 Å². The maximum absolute atomic E-state index is 13.0. The van der Waals surface area contributed by atoms with Crippen molar-refractivity contribution < 1.29 is 23.8 Å². The van der Waals surface area contributed by atoms with Gasteiger partial charge in [-0.2, -0.15) is 0 Å². The lowest BCUT2D eigenvalue weighted by atomic mass is 9.89. The van der Waals surface area contributed by atoms with Crippen molar-refractivity contribution in [2.45, 2.75) is 32.1 Å². The first-order chi connectivity index (χ1) is 16.6. The van der Waals surface area contributed by atoms with E-state index in [-0.39, 0.29) is 12.5 Å². The molecular weight excluding hydrogens is 432 g/mol. The van der Waals surface area contributed by atoms with Gasteiger partial charge in [0, 0.05) is 17.5 Å². The first kappa shape index (κ1) is 23.5. The number of nitrogens with zero attached hydrogens (tertiary/aromatic N) is 1. The summed E-state index contributed by atoms with van der Waals surface area (Å²) in [6, 6.07) is 14.5. The Morgan fingerprint density at radius 3 is 2.50 bits per heavy atom. The third-order valence-electron chi connectivity index (χ3n) is 6.26. The van der Waals surface area contributed by atoms with Gasteiger partial charge in [0.05, 0.1) is 31.0 Å². The van der Waals surface area contributed by atoms with Crippen LogP contribution in [0, 0.1) is 5.92 Å². The summed E-state index contributed by atoms with van der Waals surface area (Å²) in [5.74, 6) is 0.840. The third kappa shape index (κ3) is 5.47. The third-order valence-corrected chi connectivity index (χ3v) is 6.26. The number of pyridine rings is 1. The molecular formula is C27H30N2O5. The van der Waals surface area contributed by atoms with Crippen molar-refractivity contribution >= 4 is 22.8 Å².